The number of hydrogen-bond donors (Lipinski definition) is 0. The van der Waals surface area contributed by atoms with Gasteiger partial charge in [0.2, 0.25) is 5.91 Å². The highest BCUT2D eigenvalue weighted by Gasteiger charge is 2.37. The van der Waals surface area contributed by atoms with E-state index >= 15 is 0 Å². The number of hydrogen-bond acceptors (Lipinski definition) is 4. The third-order valence-corrected chi connectivity index (χ3v) is 6.91. The second-order valence-electron chi connectivity index (χ2n) is 9.07. The summed E-state index contributed by atoms with van der Waals surface area (Å²) in [5.41, 5.74) is 2.79. The van der Waals surface area contributed by atoms with Crippen molar-refractivity contribution in [2.75, 3.05) is 26.2 Å². The van der Waals surface area contributed by atoms with Gasteiger partial charge in [0.25, 0.3) is 11.8 Å². The molecule has 0 aliphatic carbocycles. The number of hydrazine groups is 1. The van der Waals surface area contributed by atoms with E-state index in [1.54, 1.807) is 20.9 Å². The van der Waals surface area contributed by atoms with Crippen LogP contribution in [0.4, 0.5) is 0 Å². The largest absolute Gasteiger partial charge is 0.339 e. The molecule has 3 aromatic rings. The van der Waals surface area contributed by atoms with Gasteiger partial charge in [-0.2, -0.15) is 5.10 Å². The van der Waals surface area contributed by atoms with Gasteiger partial charge in [-0.15, -0.1) is 0 Å². The maximum absolute atomic E-state index is 13.4. The molecule has 0 spiro atoms. The number of nitrogens with zero attached hydrogens (tertiary/aromatic N) is 5. The number of likely N-dealkylation sites (tertiary alicyclic amines) is 1. The van der Waals surface area contributed by atoms with Crippen molar-refractivity contribution in [1.29, 1.82) is 0 Å². The Labute approximate surface area is 204 Å². The number of para-hydroxylation sites is 1. The molecule has 2 aliphatic heterocycles. The molecule has 2 fully saturated rings. The van der Waals surface area contributed by atoms with Crippen LogP contribution in [-0.4, -0.2) is 68.6 Å². The molecule has 8 heteroatoms. The maximum atomic E-state index is 13.4. The predicted molar refractivity (Wildman–Crippen MR) is 131 cm³/mol. The summed E-state index contributed by atoms with van der Waals surface area (Å²) in [6.45, 7) is 3.98. The van der Waals surface area contributed by atoms with Gasteiger partial charge < -0.3 is 4.90 Å². The molecule has 2 aliphatic rings. The van der Waals surface area contributed by atoms with Crippen molar-refractivity contribution < 1.29 is 14.4 Å². The number of aromatic nitrogens is 2. The molecule has 1 aromatic heterocycles. The highest BCUT2D eigenvalue weighted by Crippen LogP contribution is 2.26. The van der Waals surface area contributed by atoms with E-state index in [9.17, 15) is 14.4 Å². The van der Waals surface area contributed by atoms with Gasteiger partial charge in [0.05, 0.1) is 23.1 Å². The van der Waals surface area contributed by atoms with Crippen molar-refractivity contribution in [2.45, 2.75) is 26.2 Å². The second kappa shape index (κ2) is 9.74. The smallest absolute Gasteiger partial charge is 0.275 e. The van der Waals surface area contributed by atoms with E-state index in [1.165, 1.54) is 0 Å². The fourth-order valence-electron chi connectivity index (χ4n) is 4.94. The zero-order chi connectivity index (χ0) is 24.4. The second-order valence-corrected chi connectivity index (χ2v) is 9.07. The standard InChI is InChI=1S/C27H29N5O3/c1-20-24(19-28-32(20)23-11-6-3-7-12-23)27(35)31-16-8-15-30(31)26(34)22-13-17-29(18-14-22)25(33)21-9-4-2-5-10-21/h2-7,9-12,19,22H,8,13-18H2,1H3. The quantitative estimate of drug-likeness (QED) is 0.585. The number of rotatable bonds is 4. The van der Waals surface area contributed by atoms with Crippen molar-refractivity contribution in [3.8, 4) is 5.69 Å². The molecule has 35 heavy (non-hydrogen) atoms. The Morgan fingerprint density at radius 1 is 0.800 bits per heavy atom. The Morgan fingerprint density at radius 2 is 1.43 bits per heavy atom. The minimum Gasteiger partial charge on any atom is -0.339 e. The zero-order valence-corrected chi connectivity index (χ0v) is 19.8. The molecule has 5 rings (SSSR count). The van der Waals surface area contributed by atoms with Crippen LogP contribution in [0.3, 0.4) is 0 Å². The summed E-state index contributed by atoms with van der Waals surface area (Å²) in [5.74, 6) is -0.431. The summed E-state index contributed by atoms with van der Waals surface area (Å²) >= 11 is 0. The Balaban J connectivity index is 1.25. The van der Waals surface area contributed by atoms with E-state index < -0.39 is 0 Å². The molecule has 0 bridgehead atoms. The first-order valence-electron chi connectivity index (χ1n) is 12.1. The van der Waals surface area contributed by atoms with Gasteiger partial charge in [-0.05, 0) is 50.5 Å². The molecular weight excluding hydrogens is 442 g/mol. The number of carbonyl (C=O) groups excluding carboxylic acids is 3. The maximum Gasteiger partial charge on any atom is 0.275 e. The number of benzene rings is 2. The molecule has 0 radical (unpaired) electrons. The van der Waals surface area contributed by atoms with Gasteiger partial charge >= 0.3 is 0 Å². The third kappa shape index (κ3) is 4.43. The lowest BCUT2D eigenvalue weighted by Crippen LogP contribution is -2.50. The SMILES string of the molecule is Cc1c(C(=O)N2CCCN2C(=O)C2CCN(C(=O)c3ccccc3)CC2)cnn1-c1ccccc1. The molecule has 2 saturated heterocycles. The fraction of sp³-hybridized carbons (Fsp3) is 0.333. The molecular formula is C27H29N5O3. The van der Waals surface area contributed by atoms with Crippen LogP contribution in [0.5, 0.6) is 0 Å². The van der Waals surface area contributed by atoms with Gasteiger partial charge in [0, 0.05) is 37.7 Å². The van der Waals surface area contributed by atoms with Crippen LogP contribution in [0.25, 0.3) is 5.69 Å². The summed E-state index contributed by atoms with van der Waals surface area (Å²) in [5, 5.41) is 7.60. The first kappa shape index (κ1) is 22.8. The van der Waals surface area contributed by atoms with Crippen LogP contribution >= 0.6 is 0 Å². The Hall–Kier alpha value is -3.94. The third-order valence-electron chi connectivity index (χ3n) is 6.91. The number of piperidine rings is 1. The Morgan fingerprint density at radius 3 is 2.11 bits per heavy atom. The van der Waals surface area contributed by atoms with E-state index in [0.717, 1.165) is 17.8 Å². The van der Waals surface area contributed by atoms with Crippen molar-refractivity contribution >= 4 is 17.7 Å². The van der Waals surface area contributed by atoms with Gasteiger partial charge in [0.15, 0.2) is 0 Å². The first-order chi connectivity index (χ1) is 17.0. The molecule has 180 valence electrons. The summed E-state index contributed by atoms with van der Waals surface area (Å²) in [4.78, 5) is 41.4. The van der Waals surface area contributed by atoms with Crippen LogP contribution < -0.4 is 0 Å². The summed E-state index contributed by atoms with van der Waals surface area (Å²) in [7, 11) is 0. The van der Waals surface area contributed by atoms with Gasteiger partial charge in [-0.25, -0.2) is 9.69 Å². The van der Waals surface area contributed by atoms with Crippen molar-refractivity contribution in [1.82, 2.24) is 24.7 Å². The van der Waals surface area contributed by atoms with E-state index in [0.29, 0.717) is 50.1 Å². The summed E-state index contributed by atoms with van der Waals surface area (Å²) in [6, 6.07) is 18.9. The van der Waals surface area contributed by atoms with E-state index in [1.807, 2.05) is 72.5 Å². The molecule has 0 unspecified atom stereocenters. The van der Waals surface area contributed by atoms with Crippen LogP contribution in [0.15, 0.2) is 66.9 Å². The van der Waals surface area contributed by atoms with E-state index in [2.05, 4.69) is 5.10 Å². The fourth-order valence-corrected chi connectivity index (χ4v) is 4.94. The van der Waals surface area contributed by atoms with Crippen molar-refractivity contribution in [2.24, 2.45) is 5.92 Å². The van der Waals surface area contributed by atoms with E-state index in [-0.39, 0.29) is 23.6 Å². The molecule has 0 atom stereocenters. The number of carbonyl (C=O) groups is 3. The normalized spacial score (nSPS) is 16.5. The van der Waals surface area contributed by atoms with Crippen LogP contribution in [0.1, 0.15) is 45.7 Å². The topological polar surface area (TPSA) is 78.8 Å². The monoisotopic (exact) mass is 471 g/mol. The predicted octanol–water partition coefficient (Wildman–Crippen LogP) is 3.32. The Kier molecular flexibility index (Phi) is 6.35. The van der Waals surface area contributed by atoms with Crippen molar-refractivity contribution in [3.63, 3.8) is 0 Å². The van der Waals surface area contributed by atoms with E-state index in [4.69, 9.17) is 0 Å². The highest BCUT2D eigenvalue weighted by molar-refractivity contribution is 5.97. The lowest BCUT2D eigenvalue weighted by atomic mass is 9.95. The lowest BCUT2D eigenvalue weighted by Gasteiger charge is -2.35. The van der Waals surface area contributed by atoms with Gasteiger partial charge in [-0.3, -0.25) is 19.4 Å². The Bertz CT molecular complexity index is 1220. The van der Waals surface area contributed by atoms with Gasteiger partial charge in [0.1, 0.15) is 0 Å². The first-order valence-corrected chi connectivity index (χ1v) is 12.1. The molecule has 3 amide bonds. The average molecular weight is 472 g/mol. The van der Waals surface area contributed by atoms with Crippen LogP contribution in [0.2, 0.25) is 0 Å². The van der Waals surface area contributed by atoms with Crippen LogP contribution in [-0.2, 0) is 4.79 Å². The molecule has 3 heterocycles. The van der Waals surface area contributed by atoms with Gasteiger partial charge in [-0.1, -0.05) is 36.4 Å². The lowest BCUT2D eigenvalue weighted by molar-refractivity contribution is -0.146. The molecule has 2 aromatic carbocycles. The highest BCUT2D eigenvalue weighted by atomic mass is 16.2. The molecule has 8 nitrogen and oxygen atoms in total. The summed E-state index contributed by atoms with van der Waals surface area (Å²) in [6.07, 6.45) is 3.52. The van der Waals surface area contributed by atoms with Crippen LogP contribution in [0, 0.1) is 12.8 Å². The minimum absolute atomic E-state index is 0.000351. The minimum atomic E-state index is -0.202. The average Bonchev–Trinajstić information content (AvgIpc) is 3.56. The zero-order valence-electron chi connectivity index (χ0n) is 19.8. The molecule has 0 saturated carbocycles. The summed E-state index contributed by atoms with van der Waals surface area (Å²) < 4.78 is 1.74. The van der Waals surface area contributed by atoms with Crippen molar-refractivity contribution in [3.05, 3.63) is 83.7 Å². The number of amides is 3. The molecule has 0 N–H and O–H groups in total.